The SMILES string of the molecule is CCCC(NC(=O)C1CC(OCc2ccccc2)CN1C(=O)C(NC(=O)c1ccccc1C(=O)O)C1CCCCC1)C(=O)C(=O)NCCCC(C(N)=O)c1ccccc1. The summed E-state index contributed by atoms with van der Waals surface area (Å²) in [6.07, 6.45) is 4.81. The molecule has 2 aliphatic rings. The van der Waals surface area contributed by atoms with Gasteiger partial charge >= 0.3 is 5.97 Å². The third-order valence-electron chi connectivity index (χ3n) is 11.2. The number of carboxylic acids is 1. The van der Waals surface area contributed by atoms with Gasteiger partial charge in [0.05, 0.1) is 35.8 Å². The van der Waals surface area contributed by atoms with E-state index in [1.807, 2.05) is 55.5 Å². The fourth-order valence-electron chi connectivity index (χ4n) is 8.05. The highest BCUT2D eigenvalue weighted by Gasteiger charge is 2.45. The molecule has 59 heavy (non-hydrogen) atoms. The second-order valence-electron chi connectivity index (χ2n) is 15.3. The van der Waals surface area contributed by atoms with Crippen LogP contribution in [0.3, 0.4) is 0 Å². The number of carbonyl (C=O) groups is 7. The molecule has 0 spiro atoms. The van der Waals surface area contributed by atoms with Gasteiger partial charge in [-0.15, -0.1) is 0 Å². The number of ether oxygens (including phenoxy) is 1. The molecule has 3 aromatic rings. The molecule has 6 N–H and O–H groups in total. The summed E-state index contributed by atoms with van der Waals surface area (Å²) in [5, 5.41) is 18.0. The number of nitrogens with one attached hydrogen (secondary N) is 3. The number of likely N-dealkylation sites (tertiary alicyclic amines) is 1. The van der Waals surface area contributed by atoms with E-state index in [-0.39, 0.29) is 49.6 Å². The van der Waals surface area contributed by atoms with Crippen molar-refractivity contribution >= 4 is 41.3 Å². The maximum atomic E-state index is 14.7. The van der Waals surface area contributed by atoms with Gasteiger partial charge < -0.3 is 36.4 Å². The number of amides is 5. The molecule has 14 nitrogen and oxygen atoms in total. The summed E-state index contributed by atoms with van der Waals surface area (Å²) >= 11 is 0. The number of benzene rings is 3. The Morgan fingerprint density at radius 1 is 0.831 bits per heavy atom. The van der Waals surface area contributed by atoms with Crippen molar-refractivity contribution < 1.29 is 43.4 Å². The summed E-state index contributed by atoms with van der Waals surface area (Å²) in [5.41, 5.74) is 7.00. The average Bonchev–Trinajstić information content (AvgIpc) is 3.69. The quantitative estimate of drug-likeness (QED) is 0.0813. The van der Waals surface area contributed by atoms with Crippen molar-refractivity contribution in [3.8, 4) is 0 Å². The Hall–Kier alpha value is -5.89. The molecule has 1 aliphatic carbocycles. The van der Waals surface area contributed by atoms with Crippen LogP contribution in [0.15, 0.2) is 84.9 Å². The summed E-state index contributed by atoms with van der Waals surface area (Å²) in [6, 6.07) is 20.9. The Morgan fingerprint density at radius 2 is 1.47 bits per heavy atom. The van der Waals surface area contributed by atoms with E-state index in [9.17, 15) is 38.7 Å². The maximum Gasteiger partial charge on any atom is 0.336 e. The first-order chi connectivity index (χ1) is 28.5. The van der Waals surface area contributed by atoms with E-state index in [1.165, 1.54) is 23.1 Å². The zero-order valence-electron chi connectivity index (χ0n) is 33.5. The van der Waals surface area contributed by atoms with Gasteiger partial charge in [-0.05, 0) is 61.3 Å². The van der Waals surface area contributed by atoms with Gasteiger partial charge in [0.2, 0.25) is 23.5 Å². The molecule has 0 bridgehead atoms. The molecule has 2 fully saturated rings. The van der Waals surface area contributed by atoms with E-state index < -0.39 is 71.4 Å². The van der Waals surface area contributed by atoms with Gasteiger partial charge in [-0.3, -0.25) is 28.8 Å². The fourth-order valence-corrected chi connectivity index (χ4v) is 8.05. The first-order valence-electron chi connectivity index (χ1n) is 20.5. The largest absolute Gasteiger partial charge is 0.478 e. The molecule has 0 radical (unpaired) electrons. The number of Topliss-reactive ketones (excluding diaryl/α,β-unsaturated/α-hetero) is 1. The van der Waals surface area contributed by atoms with Crippen LogP contribution in [-0.4, -0.2) is 88.6 Å². The lowest BCUT2D eigenvalue weighted by molar-refractivity contribution is -0.143. The van der Waals surface area contributed by atoms with E-state index in [0.717, 1.165) is 30.4 Å². The van der Waals surface area contributed by atoms with Crippen LogP contribution >= 0.6 is 0 Å². The Morgan fingerprint density at radius 3 is 2.12 bits per heavy atom. The molecule has 314 valence electrons. The van der Waals surface area contributed by atoms with Crippen molar-refractivity contribution in [2.75, 3.05) is 13.1 Å². The van der Waals surface area contributed by atoms with Gasteiger partial charge in [0.25, 0.3) is 11.8 Å². The first kappa shape index (κ1) is 44.2. The number of aromatic carboxylic acids is 1. The monoisotopic (exact) mass is 809 g/mol. The third kappa shape index (κ3) is 12.1. The molecule has 14 heteroatoms. The molecule has 1 saturated carbocycles. The highest BCUT2D eigenvalue weighted by Crippen LogP contribution is 2.31. The highest BCUT2D eigenvalue weighted by atomic mass is 16.5. The summed E-state index contributed by atoms with van der Waals surface area (Å²) in [6.45, 7) is 2.16. The first-order valence-corrected chi connectivity index (χ1v) is 20.5. The van der Waals surface area contributed by atoms with Crippen molar-refractivity contribution in [3.63, 3.8) is 0 Å². The van der Waals surface area contributed by atoms with Crippen molar-refractivity contribution in [3.05, 3.63) is 107 Å². The van der Waals surface area contributed by atoms with Gasteiger partial charge in [-0.25, -0.2) is 4.79 Å². The second kappa shape index (κ2) is 21.8. The maximum absolute atomic E-state index is 14.7. The molecule has 1 saturated heterocycles. The number of carboxylic acid groups (broad SMARTS) is 1. The number of hydrogen-bond acceptors (Lipinski definition) is 8. The molecule has 5 rings (SSSR count). The number of nitrogens with zero attached hydrogens (tertiary/aromatic N) is 1. The Balaban J connectivity index is 1.32. The van der Waals surface area contributed by atoms with Crippen molar-refractivity contribution in [1.29, 1.82) is 0 Å². The molecule has 0 aromatic heterocycles. The van der Waals surface area contributed by atoms with Gasteiger partial charge in [0.15, 0.2) is 0 Å². The minimum Gasteiger partial charge on any atom is -0.478 e. The molecule has 5 amide bonds. The number of primary amides is 1. The van der Waals surface area contributed by atoms with E-state index >= 15 is 0 Å². The molecule has 5 atom stereocenters. The zero-order chi connectivity index (χ0) is 42.3. The summed E-state index contributed by atoms with van der Waals surface area (Å²) in [4.78, 5) is 94.9. The predicted molar refractivity (Wildman–Crippen MR) is 219 cm³/mol. The lowest BCUT2D eigenvalue weighted by atomic mass is 9.83. The van der Waals surface area contributed by atoms with Crippen molar-refractivity contribution in [2.24, 2.45) is 11.7 Å². The molecule has 1 heterocycles. The van der Waals surface area contributed by atoms with Crippen molar-refractivity contribution in [2.45, 2.75) is 108 Å². The highest BCUT2D eigenvalue weighted by molar-refractivity contribution is 6.38. The van der Waals surface area contributed by atoms with Crippen LogP contribution in [0.5, 0.6) is 0 Å². The van der Waals surface area contributed by atoms with Crippen LogP contribution in [0, 0.1) is 5.92 Å². The standard InChI is InChI=1S/C45H55N5O9/c1-2-15-36(39(51)43(55)47-25-14-24-33(40(46)52)30-18-8-4-9-19-30)48-42(54)37-26-32(59-28-29-16-6-3-7-17-29)27-50(37)44(56)38(31-20-10-5-11-21-31)49-41(53)34-22-12-13-23-35(34)45(57)58/h3-4,6-9,12-13,16-19,22-23,31-33,36-38H,2,5,10-11,14-15,20-21,24-28H2,1H3,(H2,46,52)(H,47,55)(H,48,54)(H,49,53)(H,57,58). The lowest BCUT2D eigenvalue weighted by Gasteiger charge is -2.35. The third-order valence-corrected chi connectivity index (χ3v) is 11.2. The van der Waals surface area contributed by atoms with Crippen LogP contribution in [0.2, 0.25) is 0 Å². The lowest BCUT2D eigenvalue weighted by Crippen LogP contribution is -2.58. The molecular weight excluding hydrogens is 755 g/mol. The molecule has 5 unspecified atom stereocenters. The number of ketones is 1. The minimum absolute atomic E-state index is 0.0245. The predicted octanol–water partition coefficient (Wildman–Crippen LogP) is 4.27. The van der Waals surface area contributed by atoms with E-state index in [4.69, 9.17) is 10.5 Å². The van der Waals surface area contributed by atoms with Gasteiger partial charge in [-0.1, -0.05) is 105 Å². The fraction of sp³-hybridized carbons (Fsp3) is 0.444. The molecular formula is C45H55N5O9. The summed E-state index contributed by atoms with van der Waals surface area (Å²) in [7, 11) is 0. The topological polar surface area (TPSA) is 214 Å². The summed E-state index contributed by atoms with van der Waals surface area (Å²) in [5.74, 6) is -6.19. The van der Waals surface area contributed by atoms with Crippen molar-refractivity contribution in [1.82, 2.24) is 20.9 Å². The molecule has 3 aromatic carbocycles. The van der Waals surface area contributed by atoms with E-state index in [1.54, 1.807) is 18.2 Å². The van der Waals surface area contributed by atoms with Crippen LogP contribution in [0.25, 0.3) is 0 Å². The number of rotatable bonds is 20. The smallest absolute Gasteiger partial charge is 0.336 e. The number of nitrogens with two attached hydrogens (primary N) is 1. The number of carbonyl (C=O) groups excluding carboxylic acids is 6. The van der Waals surface area contributed by atoms with Gasteiger partial charge in [-0.2, -0.15) is 0 Å². The summed E-state index contributed by atoms with van der Waals surface area (Å²) < 4.78 is 6.23. The van der Waals surface area contributed by atoms with Crippen LogP contribution in [0.4, 0.5) is 0 Å². The minimum atomic E-state index is -1.28. The van der Waals surface area contributed by atoms with E-state index in [0.29, 0.717) is 32.1 Å². The number of hydrogen-bond donors (Lipinski definition) is 5. The Kier molecular flexibility index (Phi) is 16.3. The van der Waals surface area contributed by atoms with Gasteiger partial charge in [0.1, 0.15) is 12.1 Å². The zero-order valence-corrected chi connectivity index (χ0v) is 33.5. The van der Waals surface area contributed by atoms with Crippen LogP contribution in [-0.2, 0) is 35.3 Å². The average molecular weight is 810 g/mol. The van der Waals surface area contributed by atoms with Crippen LogP contribution < -0.4 is 21.7 Å². The van der Waals surface area contributed by atoms with E-state index in [2.05, 4.69) is 16.0 Å². The Bertz CT molecular complexity index is 1940. The molecule has 1 aliphatic heterocycles. The van der Waals surface area contributed by atoms with Gasteiger partial charge in [0, 0.05) is 19.5 Å². The second-order valence-corrected chi connectivity index (χ2v) is 15.3. The Labute approximate surface area is 344 Å². The van der Waals surface area contributed by atoms with Crippen LogP contribution in [0.1, 0.15) is 109 Å². The normalized spacial score (nSPS) is 18.2.